The molecular weight excluding hydrogens is 412 g/mol. The van der Waals surface area contributed by atoms with Crippen molar-refractivity contribution < 1.29 is 14.2 Å². The third-order valence-corrected chi connectivity index (χ3v) is 6.66. The van der Waals surface area contributed by atoms with Gasteiger partial charge in [0, 0.05) is 57.0 Å². The molecule has 8 heteroatoms. The van der Waals surface area contributed by atoms with Crippen LogP contribution in [-0.4, -0.2) is 72.9 Å². The highest BCUT2D eigenvalue weighted by Gasteiger charge is 2.21. The van der Waals surface area contributed by atoms with E-state index in [4.69, 9.17) is 19.2 Å². The average Bonchev–Trinajstić information content (AvgIpc) is 3.33. The molecule has 0 unspecified atom stereocenters. The van der Waals surface area contributed by atoms with Crippen molar-refractivity contribution in [1.29, 1.82) is 0 Å². The second-order valence-corrected chi connectivity index (χ2v) is 9.17. The lowest BCUT2D eigenvalue weighted by atomic mass is 10.1. The van der Waals surface area contributed by atoms with Crippen LogP contribution < -0.4 is 14.4 Å². The fraction of sp³-hybridized carbons (Fsp3) is 0.565. The van der Waals surface area contributed by atoms with E-state index >= 15 is 0 Å². The highest BCUT2D eigenvalue weighted by molar-refractivity contribution is 7.99. The summed E-state index contributed by atoms with van der Waals surface area (Å²) in [5.41, 5.74) is 2.22. The van der Waals surface area contributed by atoms with Gasteiger partial charge < -0.3 is 19.1 Å². The first-order valence-corrected chi connectivity index (χ1v) is 12.1. The van der Waals surface area contributed by atoms with E-state index in [1.807, 2.05) is 30.1 Å². The minimum Gasteiger partial charge on any atom is -0.493 e. The first kappa shape index (κ1) is 22.2. The summed E-state index contributed by atoms with van der Waals surface area (Å²) in [7, 11) is 3.34. The molecule has 2 aliphatic rings. The Morgan fingerprint density at radius 2 is 1.97 bits per heavy atom. The summed E-state index contributed by atoms with van der Waals surface area (Å²) in [6, 6.07) is 8.15. The standard InChI is InChI=1S/C23H32N4O3S/c1-28-21-6-5-18(14-22(21)29-2)15-26(17-20-4-3-11-30-20)16-19-7-8-24-23(25-19)27-9-12-31-13-10-27/h5-8,14,20H,3-4,9-13,15-17H2,1-2H3/t20-/m1/s1. The lowest BCUT2D eigenvalue weighted by molar-refractivity contribution is 0.0674. The summed E-state index contributed by atoms with van der Waals surface area (Å²) >= 11 is 1.99. The van der Waals surface area contributed by atoms with Crippen LogP contribution in [0.1, 0.15) is 24.1 Å². The van der Waals surface area contributed by atoms with Crippen molar-refractivity contribution in [2.75, 3.05) is 56.9 Å². The third kappa shape index (κ3) is 6.02. The number of benzene rings is 1. The molecule has 0 aliphatic carbocycles. The summed E-state index contributed by atoms with van der Waals surface area (Å²) in [5, 5.41) is 0. The van der Waals surface area contributed by atoms with E-state index < -0.39 is 0 Å². The Morgan fingerprint density at radius 1 is 1.13 bits per heavy atom. The Morgan fingerprint density at radius 3 is 2.71 bits per heavy atom. The Hall–Kier alpha value is -2.03. The van der Waals surface area contributed by atoms with Gasteiger partial charge in [-0.15, -0.1) is 0 Å². The van der Waals surface area contributed by atoms with Gasteiger partial charge >= 0.3 is 0 Å². The Balaban J connectivity index is 1.50. The molecule has 4 rings (SSSR count). The molecule has 0 spiro atoms. The van der Waals surface area contributed by atoms with Crippen LogP contribution in [0.4, 0.5) is 5.95 Å². The highest BCUT2D eigenvalue weighted by atomic mass is 32.2. The summed E-state index contributed by atoms with van der Waals surface area (Å²) < 4.78 is 16.8. The SMILES string of the molecule is COc1ccc(CN(Cc2ccnc(N3CCSCC3)n2)C[C@H]2CCCO2)cc1OC. The van der Waals surface area contributed by atoms with Gasteiger partial charge in [0.2, 0.25) is 5.95 Å². The van der Waals surface area contributed by atoms with Crippen molar-refractivity contribution in [2.24, 2.45) is 0 Å². The number of rotatable bonds is 9. The molecule has 3 heterocycles. The lowest BCUT2D eigenvalue weighted by Crippen LogP contribution is -2.34. The minimum atomic E-state index is 0.278. The van der Waals surface area contributed by atoms with Gasteiger partial charge in [0.05, 0.1) is 26.0 Å². The quantitative estimate of drug-likeness (QED) is 0.584. The molecule has 1 aromatic heterocycles. The van der Waals surface area contributed by atoms with Crippen molar-refractivity contribution in [3.63, 3.8) is 0 Å². The maximum absolute atomic E-state index is 5.93. The molecule has 2 fully saturated rings. The molecule has 31 heavy (non-hydrogen) atoms. The fourth-order valence-corrected chi connectivity index (χ4v) is 5.02. The maximum atomic E-state index is 5.93. The predicted molar refractivity (Wildman–Crippen MR) is 124 cm³/mol. The number of thioether (sulfide) groups is 1. The average molecular weight is 445 g/mol. The maximum Gasteiger partial charge on any atom is 0.225 e. The molecule has 2 aromatic rings. The van der Waals surface area contributed by atoms with Crippen molar-refractivity contribution in [1.82, 2.24) is 14.9 Å². The van der Waals surface area contributed by atoms with Crippen molar-refractivity contribution in [3.05, 3.63) is 41.7 Å². The number of hydrogen-bond donors (Lipinski definition) is 0. The van der Waals surface area contributed by atoms with Gasteiger partial charge in [0.1, 0.15) is 0 Å². The zero-order chi connectivity index (χ0) is 21.5. The molecule has 168 valence electrons. The van der Waals surface area contributed by atoms with Crippen molar-refractivity contribution >= 4 is 17.7 Å². The largest absolute Gasteiger partial charge is 0.493 e. The summed E-state index contributed by atoms with van der Waals surface area (Å²) in [4.78, 5) is 14.1. The Kier molecular flexibility index (Phi) is 7.88. The molecule has 2 aliphatic heterocycles. The van der Waals surface area contributed by atoms with E-state index in [2.05, 4.69) is 26.9 Å². The smallest absolute Gasteiger partial charge is 0.225 e. The van der Waals surface area contributed by atoms with Gasteiger partial charge in [-0.1, -0.05) is 6.07 Å². The second-order valence-electron chi connectivity index (χ2n) is 7.94. The van der Waals surface area contributed by atoms with E-state index in [1.165, 1.54) is 5.56 Å². The predicted octanol–water partition coefficient (Wildman–Crippen LogP) is 3.23. The number of ether oxygens (including phenoxy) is 3. The van der Waals surface area contributed by atoms with E-state index in [1.54, 1.807) is 14.2 Å². The molecule has 1 aromatic carbocycles. The topological polar surface area (TPSA) is 60.0 Å². The molecule has 0 radical (unpaired) electrons. The van der Waals surface area contributed by atoms with Gasteiger partial charge in [0.25, 0.3) is 0 Å². The van der Waals surface area contributed by atoms with Gasteiger partial charge in [-0.3, -0.25) is 4.90 Å². The van der Waals surface area contributed by atoms with Gasteiger partial charge in [-0.25, -0.2) is 9.97 Å². The van der Waals surface area contributed by atoms with E-state index in [0.717, 1.165) is 86.8 Å². The molecule has 0 amide bonds. The molecule has 2 saturated heterocycles. The first-order valence-electron chi connectivity index (χ1n) is 10.9. The molecule has 1 atom stereocenters. The number of methoxy groups -OCH3 is 2. The Bertz CT molecular complexity index is 841. The van der Waals surface area contributed by atoms with Crippen LogP contribution in [0.15, 0.2) is 30.5 Å². The first-order chi connectivity index (χ1) is 15.2. The summed E-state index contributed by atoms with van der Waals surface area (Å²) in [6.45, 7) is 5.32. The molecule has 0 N–H and O–H groups in total. The van der Waals surface area contributed by atoms with Crippen LogP contribution in [0.25, 0.3) is 0 Å². The van der Waals surface area contributed by atoms with E-state index in [-0.39, 0.29) is 6.10 Å². The minimum absolute atomic E-state index is 0.278. The number of anilines is 1. The van der Waals surface area contributed by atoms with Crippen LogP contribution >= 0.6 is 11.8 Å². The zero-order valence-corrected chi connectivity index (χ0v) is 19.3. The lowest BCUT2D eigenvalue weighted by Gasteiger charge is -2.28. The molecule has 7 nitrogen and oxygen atoms in total. The number of nitrogens with zero attached hydrogens (tertiary/aromatic N) is 4. The summed E-state index contributed by atoms with van der Waals surface area (Å²) in [6.07, 6.45) is 4.42. The summed E-state index contributed by atoms with van der Waals surface area (Å²) in [5.74, 6) is 4.62. The van der Waals surface area contributed by atoms with Crippen LogP contribution in [0.3, 0.4) is 0 Å². The normalized spacial score (nSPS) is 19.1. The van der Waals surface area contributed by atoms with Crippen LogP contribution in [-0.2, 0) is 17.8 Å². The van der Waals surface area contributed by atoms with Crippen LogP contribution in [0.2, 0.25) is 0 Å². The molecular formula is C23H32N4O3S. The van der Waals surface area contributed by atoms with E-state index in [0.29, 0.717) is 0 Å². The number of aromatic nitrogens is 2. The fourth-order valence-electron chi connectivity index (χ4n) is 4.12. The number of hydrogen-bond acceptors (Lipinski definition) is 8. The van der Waals surface area contributed by atoms with Gasteiger partial charge in [-0.05, 0) is 36.6 Å². The van der Waals surface area contributed by atoms with Crippen molar-refractivity contribution in [3.8, 4) is 11.5 Å². The van der Waals surface area contributed by atoms with Crippen LogP contribution in [0, 0.1) is 0 Å². The zero-order valence-electron chi connectivity index (χ0n) is 18.5. The molecule has 0 bridgehead atoms. The third-order valence-electron chi connectivity index (χ3n) is 5.72. The van der Waals surface area contributed by atoms with Gasteiger partial charge in [0.15, 0.2) is 11.5 Å². The van der Waals surface area contributed by atoms with Gasteiger partial charge in [-0.2, -0.15) is 11.8 Å². The van der Waals surface area contributed by atoms with Crippen molar-refractivity contribution in [2.45, 2.75) is 32.0 Å². The highest BCUT2D eigenvalue weighted by Crippen LogP contribution is 2.28. The second kappa shape index (κ2) is 11.0. The van der Waals surface area contributed by atoms with Crippen LogP contribution in [0.5, 0.6) is 11.5 Å². The monoisotopic (exact) mass is 444 g/mol. The Labute approximate surface area is 189 Å². The van der Waals surface area contributed by atoms with E-state index in [9.17, 15) is 0 Å². The molecule has 0 saturated carbocycles.